The Kier molecular flexibility index (Phi) is 4.70. The molecule has 0 aliphatic heterocycles. The molecule has 0 fully saturated rings. The summed E-state index contributed by atoms with van der Waals surface area (Å²) < 4.78 is 5.12. The van der Waals surface area contributed by atoms with Gasteiger partial charge in [0.2, 0.25) is 0 Å². The molecule has 2 N–H and O–H groups in total. The van der Waals surface area contributed by atoms with E-state index in [0.717, 1.165) is 22.6 Å². The molecule has 2 nitrogen and oxygen atoms in total. The molecule has 100 valence electrons. The first kappa shape index (κ1) is 14.2. The molecule has 0 aliphatic carbocycles. The van der Waals surface area contributed by atoms with Gasteiger partial charge < -0.3 is 10.5 Å². The highest BCUT2D eigenvalue weighted by Gasteiger charge is 2.10. The minimum Gasteiger partial charge on any atom is -0.495 e. The summed E-state index contributed by atoms with van der Waals surface area (Å²) in [5.41, 5.74) is 8.32. The van der Waals surface area contributed by atoms with Gasteiger partial charge in [-0.3, -0.25) is 0 Å². The SMILES string of the molecule is COc1ccc(C(N)Cc2ccc(Cl)cc2)cc1Cl. The molecule has 0 saturated carbocycles. The largest absolute Gasteiger partial charge is 0.495 e. The van der Waals surface area contributed by atoms with Crippen molar-refractivity contribution in [3.05, 3.63) is 63.6 Å². The van der Waals surface area contributed by atoms with E-state index < -0.39 is 0 Å². The molecule has 2 aromatic carbocycles. The third-order valence-corrected chi connectivity index (χ3v) is 3.52. The Hall–Kier alpha value is -1.22. The average Bonchev–Trinajstić information content (AvgIpc) is 2.41. The van der Waals surface area contributed by atoms with Crippen molar-refractivity contribution in [2.45, 2.75) is 12.5 Å². The summed E-state index contributed by atoms with van der Waals surface area (Å²) in [6.07, 6.45) is 0.736. The van der Waals surface area contributed by atoms with Crippen molar-refractivity contribution in [1.29, 1.82) is 0 Å². The van der Waals surface area contributed by atoms with Crippen LogP contribution in [0.25, 0.3) is 0 Å². The van der Waals surface area contributed by atoms with E-state index in [4.69, 9.17) is 33.7 Å². The van der Waals surface area contributed by atoms with E-state index in [0.29, 0.717) is 10.8 Å². The lowest BCUT2D eigenvalue weighted by Crippen LogP contribution is -2.13. The van der Waals surface area contributed by atoms with Crippen LogP contribution in [0.1, 0.15) is 17.2 Å². The predicted octanol–water partition coefficient (Wildman–Crippen LogP) is 4.24. The van der Waals surface area contributed by atoms with E-state index in [1.807, 2.05) is 42.5 Å². The van der Waals surface area contributed by atoms with Gasteiger partial charge in [-0.25, -0.2) is 0 Å². The molecule has 0 bridgehead atoms. The number of rotatable bonds is 4. The van der Waals surface area contributed by atoms with E-state index in [1.165, 1.54) is 0 Å². The number of ether oxygens (including phenoxy) is 1. The van der Waals surface area contributed by atoms with Crippen molar-refractivity contribution in [2.75, 3.05) is 7.11 Å². The number of hydrogen-bond donors (Lipinski definition) is 1. The lowest BCUT2D eigenvalue weighted by atomic mass is 10.00. The van der Waals surface area contributed by atoms with Crippen LogP contribution in [-0.2, 0) is 6.42 Å². The molecule has 0 radical (unpaired) electrons. The van der Waals surface area contributed by atoms with E-state index in [9.17, 15) is 0 Å². The first-order chi connectivity index (χ1) is 9.10. The molecule has 0 aromatic heterocycles. The van der Waals surface area contributed by atoms with Crippen molar-refractivity contribution in [1.82, 2.24) is 0 Å². The summed E-state index contributed by atoms with van der Waals surface area (Å²) in [7, 11) is 1.59. The maximum Gasteiger partial charge on any atom is 0.137 e. The summed E-state index contributed by atoms with van der Waals surface area (Å²) in [4.78, 5) is 0. The second-order valence-electron chi connectivity index (χ2n) is 4.33. The van der Waals surface area contributed by atoms with Gasteiger partial charge in [0.25, 0.3) is 0 Å². The quantitative estimate of drug-likeness (QED) is 0.915. The number of nitrogens with two attached hydrogens (primary N) is 1. The van der Waals surface area contributed by atoms with Crippen LogP contribution in [0.15, 0.2) is 42.5 Å². The maximum absolute atomic E-state index is 6.19. The van der Waals surface area contributed by atoms with Gasteiger partial charge in [-0.1, -0.05) is 41.4 Å². The van der Waals surface area contributed by atoms with Gasteiger partial charge in [-0.2, -0.15) is 0 Å². The lowest BCUT2D eigenvalue weighted by molar-refractivity contribution is 0.414. The van der Waals surface area contributed by atoms with Crippen LogP contribution in [0.3, 0.4) is 0 Å². The van der Waals surface area contributed by atoms with Crippen molar-refractivity contribution in [2.24, 2.45) is 5.73 Å². The Morgan fingerprint density at radius 3 is 2.37 bits per heavy atom. The van der Waals surface area contributed by atoms with Crippen LogP contribution in [0.2, 0.25) is 10.0 Å². The zero-order valence-corrected chi connectivity index (χ0v) is 12.1. The summed E-state index contributed by atoms with van der Waals surface area (Å²) in [5, 5.41) is 1.30. The lowest BCUT2D eigenvalue weighted by Gasteiger charge is -2.14. The van der Waals surface area contributed by atoms with E-state index in [1.54, 1.807) is 7.11 Å². The molecule has 1 atom stereocenters. The van der Waals surface area contributed by atoms with Crippen LogP contribution < -0.4 is 10.5 Å². The third kappa shape index (κ3) is 3.63. The third-order valence-electron chi connectivity index (χ3n) is 2.97. The minimum atomic E-state index is -0.107. The monoisotopic (exact) mass is 295 g/mol. The fourth-order valence-corrected chi connectivity index (χ4v) is 2.30. The molecule has 2 rings (SSSR count). The Balaban J connectivity index is 2.13. The predicted molar refractivity (Wildman–Crippen MR) is 80.1 cm³/mol. The normalized spacial score (nSPS) is 12.2. The fourth-order valence-electron chi connectivity index (χ4n) is 1.91. The minimum absolute atomic E-state index is 0.107. The van der Waals surface area contributed by atoms with Crippen LogP contribution in [0, 0.1) is 0 Å². The molecule has 0 heterocycles. The zero-order chi connectivity index (χ0) is 13.8. The summed E-state index contributed by atoms with van der Waals surface area (Å²) in [6, 6.07) is 13.2. The molecule has 1 unspecified atom stereocenters. The molecule has 0 amide bonds. The zero-order valence-electron chi connectivity index (χ0n) is 10.6. The Morgan fingerprint density at radius 2 is 1.79 bits per heavy atom. The topological polar surface area (TPSA) is 35.2 Å². The first-order valence-corrected chi connectivity index (χ1v) is 6.69. The molecule has 4 heteroatoms. The second-order valence-corrected chi connectivity index (χ2v) is 5.17. The van der Waals surface area contributed by atoms with Gasteiger partial charge >= 0.3 is 0 Å². The molecule has 19 heavy (non-hydrogen) atoms. The van der Waals surface area contributed by atoms with Crippen LogP contribution in [0.5, 0.6) is 5.75 Å². The van der Waals surface area contributed by atoms with Gasteiger partial charge in [0.1, 0.15) is 5.75 Å². The van der Waals surface area contributed by atoms with Crippen LogP contribution in [-0.4, -0.2) is 7.11 Å². The molecule has 0 spiro atoms. The van der Waals surface area contributed by atoms with Gasteiger partial charge in [-0.15, -0.1) is 0 Å². The van der Waals surface area contributed by atoms with Gasteiger partial charge in [0, 0.05) is 11.1 Å². The van der Waals surface area contributed by atoms with Crippen LogP contribution in [0.4, 0.5) is 0 Å². The van der Waals surface area contributed by atoms with Crippen molar-refractivity contribution >= 4 is 23.2 Å². The standard InChI is InChI=1S/C15H15Cl2NO/c1-19-15-7-4-11(9-13(15)17)14(18)8-10-2-5-12(16)6-3-10/h2-7,9,14H,8,18H2,1H3. The molecular formula is C15H15Cl2NO. The van der Waals surface area contributed by atoms with Crippen LogP contribution >= 0.6 is 23.2 Å². The smallest absolute Gasteiger partial charge is 0.137 e. The Morgan fingerprint density at radius 1 is 1.11 bits per heavy atom. The van der Waals surface area contributed by atoms with E-state index in [2.05, 4.69) is 0 Å². The van der Waals surface area contributed by atoms with Crippen molar-refractivity contribution < 1.29 is 4.74 Å². The maximum atomic E-state index is 6.19. The highest BCUT2D eigenvalue weighted by atomic mass is 35.5. The van der Waals surface area contributed by atoms with E-state index in [-0.39, 0.29) is 6.04 Å². The first-order valence-electron chi connectivity index (χ1n) is 5.93. The van der Waals surface area contributed by atoms with Gasteiger partial charge in [-0.05, 0) is 41.8 Å². The highest BCUT2D eigenvalue weighted by molar-refractivity contribution is 6.32. The van der Waals surface area contributed by atoms with Gasteiger partial charge in [0.05, 0.1) is 12.1 Å². The number of hydrogen-bond acceptors (Lipinski definition) is 2. The molecule has 0 saturated heterocycles. The molecule has 0 aliphatic rings. The average molecular weight is 296 g/mol. The Labute approximate surface area is 123 Å². The van der Waals surface area contributed by atoms with E-state index >= 15 is 0 Å². The number of halogens is 2. The summed E-state index contributed by atoms with van der Waals surface area (Å²) in [5.74, 6) is 0.657. The summed E-state index contributed by atoms with van der Waals surface area (Å²) in [6.45, 7) is 0. The number of benzene rings is 2. The second kappa shape index (κ2) is 6.29. The van der Waals surface area contributed by atoms with Crippen molar-refractivity contribution in [3.63, 3.8) is 0 Å². The highest BCUT2D eigenvalue weighted by Crippen LogP contribution is 2.28. The Bertz CT molecular complexity index is 555. The molecular weight excluding hydrogens is 281 g/mol. The van der Waals surface area contributed by atoms with Gasteiger partial charge in [0.15, 0.2) is 0 Å². The fraction of sp³-hybridized carbons (Fsp3) is 0.200. The molecule has 2 aromatic rings. The number of methoxy groups -OCH3 is 1. The van der Waals surface area contributed by atoms with Crippen molar-refractivity contribution in [3.8, 4) is 5.75 Å². The summed E-state index contributed by atoms with van der Waals surface area (Å²) >= 11 is 12.0.